The summed E-state index contributed by atoms with van der Waals surface area (Å²) in [6.45, 7) is 0.921. The summed E-state index contributed by atoms with van der Waals surface area (Å²) in [6.07, 6.45) is 1.84. The van der Waals surface area contributed by atoms with Crippen LogP contribution >= 0.6 is 12.1 Å². The fourth-order valence-corrected chi connectivity index (χ4v) is 0.559. The van der Waals surface area contributed by atoms with Crippen molar-refractivity contribution >= 4 is 18.3 Å². The largest absolute Gasteiger partial charge is 0.239 e. The monoisotopic (exact) mass is 88.0 g/mol. The lowest BCUT2D eigenvalue weighted by Gasteiger charge is -1.73. The maximum Gasteiger partial charge on any atom is 0.0586 e. The first-order valence-electron chi connectivity index (χ1n) is 1.41. The molecule has 0 aliphatic carbocycles. The molecule has 5 heavy (non-hydrogen) atoms. The van der Waals surface area contributed by atoms with Gasteiger partial charge in [-0.1, -0.05) is 0 Å². The van der Waals surface area contributed by atoms with Crippen molar-refractivity contribution in [3.8, 4) is 0 Å². The molecule has 1 aliphatic rings. The molecule has 1 heterocycles. The number of nitrogens with one attached hydrogen (secondary N) is 1. The lowest BCUT2D eigenvalue weighted by molar-refractivity contribution is 1.23. The van der Waals surface area contributed by atoms with Crippen LogP contribution in [0.25, 0.3) is 0 Å². The van der Waals surface area contributed by atoms with Crippen LogP contribution in [0.3, 0.4) is 0 Å². The molecule has 0 unspecified atom stereocenters. The van der Waals surface area contributed by atoms with Crippen LogP contribution in [0, 0.1) is 0 Å². The van der Waals surface area contributed by atoms with E-state index in [2.05, 4.69) is 9.12 Å². The summed E-state index contributed by atoms with van der Waals surface area (Å²) in [4.78, 5) is 0. The number of hydrogen-bond donors (Lipinski definition) is 1. The standard InChI is InChI=1S/C2H4N2S/c1-2-4-5-3-1/h1,4H,2H2. The summed E-state index contributed by atoms with van der Waals surface area (Å²) >= 11 is 1.39. The van der Waals surface area contributed by atoms with Crippen LogP contribution in [0.5, 0.6) is 0 Å². The summed E-state index contributed by atoms with van der Waals surface area (Å²) < 4.78 is 6.68. The van der Waals surface area contributed by atoms with Crippen LogP contribution < -0.4 is 4.72 Å². The van der Waals surface area contributed by atoms with E-state index in [0.717, 1.165) is 6.54 Å². The molecular formula is C2H4N2S. The molecular weight excluding hydrogens is 84.1 g/mol. The fourth-order valence-electron chi connectivity index (χ4n) is 0.186. The van der Waals surface area contributed by atoms with Crippen molar-refractivity contribution in [1.29, 1.82) is 0 Å². The first kappa shape index (κ1) is 3.18. The molecule has 0 aromatic carbocycles. The number of nitrogens with zero attached hydrogens (tertiary/aromatic N) is 1. The quantitative estimate of drug-likeness (QED) is 0.428. The molecule has 0 atom stereocenters. The van der Waals surface area contributed by atoms with Crippen LogP contribution in [0.2, 0.25) is 0 Å². The molecule has 28 valence electrons. The minimum Gasteiger partial charge on any atom is -0.239 e. The number of hydrogen-bond acceptors (Lipinski definition) is 3. The van der Waals surface area contributed by atoms with E-state index in [1.165, 1.54) is 12.1 Å². The van der Waals surface area contributed by atoms with Gasteiger partial charge in [0.15, 0.2) is 0 Å². The highest BCUT2D eigenvalue weighted by molar-refractivity contribution is 7.96. The first-order valence-corrected chi connectivity index (χ1v) is 2.18. The van der Waals surface area contributed by atoms with Gasteiger partial charge in [-0.15, -0.1) is 0 Å². The molecule has 3 heteroatoms. The summed E-state index contributed by atoms with van der Waals surface area (Å²) in [5.74, 6) is 0. The predicted octanol–water partition coefficient (Wildman–Crippen LogP) is 0.224. The average molecular weight is 88.1 g/mol. The number of rotatable bonds is 0. The molecule has 0 fully saturated rings. The molecule has 0 bridgehead atoms. The molecule has 0 saturated carbocycles. The summed E-state index contributed by atoms with van der Waals surface area (Å²) in [5.41, 5.74) is 0. The highest BCUT2D eigenvalue weighted by Crippen LogP contribution is 1.95. The molecule has 0 radical (unpaired) electrons. The van der Waals surface area contributed by atoms with Gasteiger partial charge in [-0.25, -0.2) is 9.12 Å². The zero-order chi connectivity index (χ0) is 3.54. The third-order valence-corrected chi connectivity index (χ3v) is 0.917. The van der Waals surface area contributed by atoms with Gasteiger partial charge in [0.1, 0.15) is 0 Å². The zero-order valence-electron chi connectivity index (χ0n) is 2.64. The second-order valence-corrected chi connectivity index (χ2v) is 1.41. The second-order valence-electron chi connectivity index (χ2n) is 0.728. The minimum absolute atomic E-state index is 0.921. The smallest absolute Gasteiger partial charge is 0.0586 e. The van der Waals surface area contributed by atoms with Crippen LogP contribution in [0.1, 0.15) is 0 Å². The molecule has 0 aromatic rings. The van der Waals surface area contributed by atoms with Crippen molar-refractivity contribution in [3.63, 3.8) is 0 Å². The van der Waals surface area contributed by atoms with Crippen molar-refractivity contribution in [1.82, 2.24) is 4.72 Å². The zero-order valence-corrected chi connectivity index (χ0v) is 3.46. The van der Waals surface area contributed by atoms with Crippen LogP contribution in [-0.4, -0.2) is 12.8 Å². The van der Waals surface area contributed by atoms with Crippen LogP contribution in [-0.2, 0) is 0 Å². The van der Waals surface area contributed by atoms with Crippen molar-refractivity contribution < 1.29 is 0 Å². The Kier molecular flexibility index (Phi) is 0.907. The molecule has 0 aromatic heterocycles. The molecule has 0 amide bonds. The van der Waals surface area contributed by atoms with Gasteiger partial charge in [0, 0.05) is 12.8 Å². The Morgan fingerprint density at radius 3 is 3.20 bits per heavy atom. The van der Waals surface area contributed by atoms with E-state index in [1.54, 1.807) is 0 Å². The van der Waals surface area contributed by atoms with Crippen molar-refractivity contribution in [2.24, 2.45) is 4.40 Å². The predicted molar refractivity (Wildman–Crippen MR) is 24.1 cm³/mol. The Balaban J connectivity index is 2.32. The Hall–Kier alpha value is -0.0200. The van der Waals surface area contributed by atoms with Gasteiger partial charge in [0.25, 0.3) is 0 Å². The van der Waals surface area contributed by atoms with E-state index in [4.69, 9.17) is 0 Å². The van der Waals surface area contributed by atoms with Crippen molar-refractivity contribution in [2.75, 3.05) is 6.54 Å². The Morgan fingerprint density at radius 2 is 3.00 bits per heavy atom. The maximum absolute atomic E-state index is 3.76. The summed E-state index contributed by atoms with van der Waals surface area (Å²) in [7, 11) is 0. The Labute approximate surface area is 34.9 Å². The topological polar surface area (TPSA) is 24.4 Å². The highest BCUT2D eigenvalue weighted by atomic mass is 32.2. The third-order valence-electron chi connectivity index (χ3n) is 0.366. The van der Waals surface area contributed by atoms with E-state index in [9.17, 15) is 0 Å². The SMILES string of the molecule is C1=NSNC1. The van der Waals surface area contributed by atoms with Gasteiger partial charge in [-0.3, -0.25) is 0 Å². The van der Waals surface area contributed by atoms with E-state index in [-0.39, 0.29) is 0 Å². The van der Waals surface area contributed by atoms with E-state index < -0.39 is 0 Å². The maximum atomic E-state index is 3.76. The van der Waals surface area contributed by atoms with E-state index in [0.29, 0.717) is 0 Å². The summed E-state index contributed by atoms with van der Waals surface area (Å²) in [5, 5.41) is 0. The minimum atomic E-state index is 0.921. The van der Waals surface area contributed by atoms with Gasteiger partial charge in [0.2, 0.25) is 0 Å². The average Bonchev–Trinajstić information content (AvgIpc) is 1.76. The molecule has 1 aliphatic heterocycles. The first-order chi connectivity index (χ1) is 2.50. The second kappa shape index (κ2) is 1.43. The van der Waals surface area contributed by atoms with Crippen molar-refractivity contribution in [3.05, 3.63) is 0 Å². The summed E-state index contributed by atoms with van der Waals surface area (Å²) in [6, 6.07) is 0. The van der Waals surface area contributed by atoms with Gasteiger partial charge in [-0.2, -0.15) is 0 Å². The molecule has 2 nitrogen and oxygen atoms in total. The third kappa shape index (κ3) is 0.629. The lowest BCUT2D eigenvalue weighted by atomic mass is 10.8. The van der Waals surface area contributed by atoms with E-state index in [1.807, 2.05) is 6.21 Å². The van der Waals surface area contributed by atoms with Gasteiger partial charge in [0.05, 0.1) is 12.1 Å². The Bertz CT molecular complexity index is 45.6. The van der Waals surface area contributed by atoms with Gasteiger partial charge in [-0.05, 0) is 0 Å². The molecule has 0 saturated heterocycles. The van der Waals surface area contributed by atoms with Crippen LogP contribution in [0.4, 0.5) is 0 Å². The van der Waals surface area contributed by atoms with Crippen LogP contribution in [0.15, 0.2) is 4.40 Å². The lowest BCUT2D eigenvalue weighted by Crippen LogP contribution is -1.96. The molecule has 1 rings (SSSR count). The normalized spacial score (nSPS) is 20.8. The van der Waals surface area contributed by atoms with Crippen molar-refractivity contribution in [2.45, 2.75) is 0 Å². The highest BCUT2D eigenvalue weighted by Gasteiger charge is 1.84. The Morgan fingerprint density at radius 1 is 2.00 bits per heavy atom. The molecule has 0 spiro atoms. The fraction of sp³-hybridized carbons (Fsp3) is 0.500. The van der Waals surface area contributed by atoms with Gasteiger partial charge < -0.3 is 0 Å². The molecule has 1 N–H and O–H groups in total. The van der Waals surface area contributed by atoms with Gasteiger partial charge >= 0.3 is 0 Å². The van der Waals surface area contributed by atoms with E-state index >= 15 is 0 Å².